The van der Waals surface area contributed by atoms with Gasteiger partial charge in [-0.05, 0) is 31.0 Å². The van der Waals surface area contributed by atoms with E-state index in [1.807, 2.05) is 13.8 Å². The Morgan fingerprint density at radius 1 is 1.17 bits per heavy atom. The molecule has 1 rings (SSSR count). The molecule has 3 nitrogen and oxygen atoms in total. The highest BCUT2D eigenvalue weighted by Gasteiger charge is 2.36. The molecule has 1 amide bonds. The van der Waals surface area contributed by atoms with Crippen molar-refractivity contribution in [1.29, 1.82) is 0 Å². The van der Waals surface area contributed by atoms with Gasteiger partial charge in [0.2, 0.25) is 0 Å². The van der Waals surface area contributed by atoms with Crippen molar-refractivity contribution in [3.8, 4) is 0 Å². The fourth-order valence-electron chi connectivity index (χ4n) is 2.52. The van der Waals surface area contributed by atoms with Crippen molar-refractivity contribution < 1.29 is 27.5 Å². The first kappa shape index (κ1) is 19.4. The molecule has 0 saturated heterocycles. The number of alkyl halides is 3. The van der Waals surface area contributed by atoms with Crippen LogP contribution in [0.2, 0.25) is 0 Å². The first-order chi connectivity index (χ1) is 10.6. The number of carbonyl (C=O) groups excluding carboxylic acids is 1. The minimum absolute atomic E-state index is 0.151. The Balaban J connectivity index is 2.94. The maximum Gasteiger partial charge on any atom is 0.417 e. The van der Waals surface area contributed by atoms with E-state index in [0.717, 1.165) is 12.1 Å². The molecule has 0 radical (unpaired) electrons. The van der Waals surface area contributed by atoms with Crippen LogP contribution in [0.5, 0.6) is 0 Å². The van der Waals surface area contributed by atoms with Crippen molar-refractivity contribution in [3.63, 3.8) is 0 Å². The second-order valence-corrected chi connectivity index (χ2v) is 5.59. The maximum absolute atomic E-state index is 13.0. The third-order valence-electron chi connectivity index (χ3n) is 3.54. The van der Waals surface area contributed by atoms with Crippen molar-refractivity contribution >= 4 is 5.91 Å². The van der Waals surface area contributed by atoms with E-state index in [4.69, 9.17) is 0 Å². The molecule has 0 spiro atoms. The molecular weight excluding hydrogens is 314 g/mol. The monoisotopic (exact) mass is 335 g/mol. The number of benzene rings is 1. The molecule has 0 aliphatic heterocycles. The highest BCUT2D eigenvalue weighted by Crippen LogP contribution is 2.32. The van der Waals surface area contributed by atoms with Gasteiger partial charge in [-0.1, -0.05) is 26.7 Å². The molecule has 1 aromatic rings. The molecule has 0 aromatic heterocycles. The minimum Gasteiger partial charge on any atom is -0.388 e. The lowest BCUT2D eigenvalue weighted by atomic mass is 9.92. The molecule has 0 bridgehead atoms. The van der Waals surface area contributed by atoms with Gasteiger partial charge in [-0.25, -0.2) is 4.39 Å². The molecular formula is C16H21F4NO2. The fourth-order valence-corrected chi connectivity index (χ4v) is 2.52. The van der Waals surface area contributed by atoms with Crippen LogP contribution in [0.3, 0.4) is 0 Å². The zero-order chi connectivity index (χ0) is 17.7. The normalized spacial score (nSPS) is 12.3. The number of carbonyl (C=O) groups is 1. The third kappa shape index (κ3) is 5.49. The number of amides is 1. The van der Waals surface area contributed by atoms with Gasteiger partial charge in [0.25, 0.3) is 5.91 Å². The van der Waals surface area contributed by atoms with Crippen LogP contribution in [0.15, 0.2) is 18.2 Å². The van der Waals surface area contributed by atoms with Gasteiger partial charge in [0.15, 0.2) is 0 Å². The summed E-state index contributed by atoms with van der Waals surface area (Å²) in [5.41, 5.74) is -3.14. The fraction of sp³-hybridized carbons (Fsp3) is 0.562. The molecule has 2 N–H and O–H groups in total. The van der Waals surface area contributed by atoms with Crippen LogP contribution in [-0.2, 0) is 6.18 Å². The largest absolute Gasteiger partial charge is 0.417 e. The summed E-state index contributed by atoms with van der Waals surface area (Å²) in [5, 5.41) is 12.7. The standard InChI is InChI=1S/C16H21F4NO2/c1-3-7-15(23,8-4-2)10-21-14(22)12-6-5-11(17)9-13(12)16(18,19)20/h5-6,9,23H,3-4,7-8,10H2,1-2H3,(H,21,22). The van der Waals surface area contributed by atoms with Crippen molar-refractivity contribution in [3.05, 3.63) is 35.1 Å². The summed E-state index contributed by atoms with van der Waals surface area (Å²) in [4.78, 5) is 12.0. The van der Waals surface area contributed by atoms with Gasteiger partial charge in [-0.2, -0.15) is 13.2 Å². The van der Waals surface area contributed by atoms with Crippen molar-refractivity contribution in [2.75, 3.05) is 6.54 Å². The van der Waals surface area contributed by atoms with E-state index in [-0.39, 0.29) is 6.54 Å². The average molecular weight is 335 g/mol. The summed E-state index contributed by atoms with van der Waals surface area (Å²) in [6.07, 6.45) is -2.63. The quantitative estimate of drug-likeness (QED) is 0.743. The number of aliphatic hydroxyl groups is 1. The lowest BCUT2D eigenvalue weighted by Crippen LogP contribution is -2.43. The molecule has 0 saturated carbocycles. The van der Waals surface area contributed by atoms with E-state index in [1.54, 1.807) is 0 Å². The zero-order valence-corrected chi connectivity index (χ0v) is 13.1. The van der Waals surface area contributed by atoms with Crippen molar-refractivity contribution in [2.45, 2.75) is 51.3 Å². The van der Waals surface area contributed by atoms with Crippen molar-refractivity contribution in [2.24, 2.45) is 0 Å². The predicted octanol–water partition coefficient (Wildman–Crippen LogP) is 3.91. The first-order valence-electron chi connectivity index (χ1n) is 7.50. The van der Waals surface area contributed by atoms with Gasteiger partial charge in [0.05, 0.1) is 16.7 Å². The topological polar surface area (TPSA) is 49.3 Å². The van der Waals surface area contributed by atoms with Gasteiger partial charge in [-0.3, -0.25) is 4.79 Å². The molecule has 7 heteroatoms. The van der Waals surface area contributed by atoms with Crippen LogP contribution in [0, 0.1) is 5.82 Å². The summed E-state index contributed by atoms with van der Waals surface area (Å²) < 4.78 is 51.8. The Morgan fingerprint density at radius 2 is 1.74 bits per heavy atom. The first-order valence-corrected chi connectivity index (χ1v) is 7.50. The van der Waals surface area contributed by atoms with E-state index in [9.17, 15) is 27.5 Å². The van der Waals surface area contributed by atoms with E-state index in [2.05, 4.69) is 5.32 Å². The van der Waals surface area contributed by atoms with E-state index >= 15 is 0 Å². The smallest absolute Gasteiger partial charge is 0.388 e. The van der Waals surface area contributed by atoms with Crippen LogP contribution in [0.1, 0.15) is 55.5 Å². The Morgan fingerprint density at radius 3 is 2.22 bits per heavy atom. The minimum atomic E-state index is -4.84. The van der Waals surface area contributed by atoms with Gasteiger partial charge in [0.1, 0.15) is 5.82 Å². The Bertz CT molecular complexity index is 537. The van der Waals surface area contributed by atoms with Gasteiger partial charge in [-0.15, -0.1) is 0 Å². The van der Waals surface area contributed by atoms with Gasteiger partial charge >= 0.3 is 6.18 Å². The molecule has 0 heterocycles. The van der Waals surface area contributed by atoms with Crippen LogP contribution < -0.4 is 5.32 Å². The lowest BCUT2D eigenvalue weighted by Gasteiger charge is -2.28. The molecule has 0 fully saturated rings. The summed E-state index contributed by atoms with van der Waals surface area (Å²) >= 11 is 0. The Kier molecular flexibility index (Phi) is 6.56. The van der Waals surface area contributed by atoms with E-state index in [1.165, 1.54) is 0 Å². The predicted molar refractivity (Wildman–Crippen MR) is 78.5 cm³/mol. The highest BCUT2D eigenvalue weighted by atomic mass is 19.4. The highest BCUT2D eigenvalue weighted by molar-refractivity contribution is 5.95. The molecule has 23 heavy (non-hydrogen) atoms. The van der Waals surface area contributed by atoms with Crippen LogP contribution in [-0.4, -0.2) is 23.2 Å². The third-order valence-corrected chi connectivity index (χ3v) is 3.54. The molecule has 0 unspecified atom stereocenters. The molecule has 0 aliphatic rings. The number of hydrogen-bond acceptors (Lipinski definition) is 2. The SMILES string of the molecule is CCCC(O)(CCC)CNC(=O)c1ccc(F)cc1C(F)(F)F. The lowest BCUT2D eigenvalue weighted by molar-refractivity contribution is -0.138. The summed E-state index contributed by atoms with van der Waals surface area (Å²) in [5.74, 6) is -2.05. The average Bonchev–Trinajstić information content (AvgIpc) is 2.44. The Hall–Kier alpha value is -1.63. The number of hydrogen-bond donors (Lipinski definition) is 2. The van der Waals surface area contributed by atoms with Crippen molar-refractivity contribution in [1.82, 2.24) is 5.32 Å². The second kappa shape index (κ2) is 7.77. The summed E-state index contributed by atoms with van der Waals surface area (Å²) in [6.45, 7) is 3.58. The maximum atomic E-state index is 13.0. The number of rotatable bonds is 7. The molecule has 0 aliphatic carbocycles. The number of nitrogens with one attached hydrogen (secondary N) is 1. The van der Waals surface area contributed by atoms with Gasteiger partial charge < -0.3 is 10.4 Å². The van der Waals surface area contributed by atoms with Crippen LogP contribution in [0.4, 0.5) is 17.6 Å². The van der Waals surface area contributed by atoms with E-state index in [0.29, 0.717) is 31.7 Å². The molecule has 130 valence electrons. The zero-order valence-electron chi connectivity index (χ0n) is 13.1. The summed E-state index contributed by atoms with van der Waals surface area (Å²) in [7, 11) is 0. The van der Waals surface area contributed by atoms with E-state index < -0.39 is 34.6 Å². The van der Waals surface area contributed by atoms with Gasteiger partial charge in [0, 0.05) is 6.54 Å². The van der Waals surface area contributed by atoms with Crippen LogP contribution in [0.25, 0.3) is 0 Å². The second-order valence-electron chi connectivity index (χ2n) is 5.59. The molecule has 0 atom stereocenters. The summed E-state index contributed by atoms with van der Waals surface area (Å²) in [6, 6.07) is 1.89. The Labute approximate surface area is 132 Å². The van der Waals surface area contributed by atoms with Crippen LogP contribution >= 0.6 is 0 Å². The number of halogens is 4. The molecule has 1 aromatic carbocycles.